The lowest BCUT2D eigenvalue weighted by molar-refractivity contribution is -0.141. The molecule has 8 nitrogen and oxygen atoms in total. The average Bonchev–Trinajstić information content (AvgIpc) is 2.88. The van der Waals surface area contributed by atoms with Crippen LogP contribution in [0.25, 0.3) is 22.2 Å². The normalized spacial score (nSPS) is 13.9. The van der Waals surface area contributed by atoms with Crippen molar-refractivity contribution in [2.45, 2.75) is 20.0 Å². The summed E-state index contributed by atoms with van der Waals surface area (Å²) >= 11 is 0. The van der Waals surface area contributed by atoms with E-state index < -0.39 is 11.9 Å². The summed E-state index contributed by atoms with van der Waals surface area (Å²) in [5, 5.41) is 0.351. The molecule has 4 aromatic heterocycles. The Hall–Kier alpha value is -3.86. The molecule has 1 aliphatic heterocycles. The third kappa shape index (κ3) is 5.51. The SMILES string of the molecule is Cc1ccccn1.Cc1nc2c(-c3ccc(C(F)(F)F)nc3)nc(N3CCOCC3)cc2c(=O)n1C. The maximum atomic E-state index is 12.9. The minimum atomic E-state index is -4.53. The van der Waals surface area contributed by atoms with Crippen molar-refractivity contribution in [1.29, 1.82) is 0 Å². The first kappa shape index (κ1) is 25.2. The van der Waals surface area contributed by atoms with Crippen molar-refractivity contribution in [2.75, 3.05) is 31.2 Å². The van der Waals surface area contributed by atoms with E-state index in [-0.39, 0.29) is 5.56 Å². The van der Waals surface area contributed by atoms with E-state index in [9.17, 15) is 18.0 Å². The van der Waals surface area contributed by atoms with Gasteiger partial charge in [0.15, 0.2) is 0 Å². The second-order valence-electron chi connectivity index (χ2n) is 8.25. The van der Waals surface area contributed by atoms with Gasteiger partial charge >= 0.3 is 6.18 Å². The van der Waals surface area contributed by atoms with Crippen LogP contribution in [0.15, 0.2) is 53.6 Å². The third-order valence-corrected chi connectivity index (χ3v) is 5.75. The van der Waals surface area contributed by atoms with Gasteiger partial charge in [0.25, 0.3) is 5.56 Å². The molecule has 0 spiro atoms. The number of aromatic nitrogens is 5. The van der Waals surface area contributed by atoms with Crippen LogP contribution < -0.4 is 10.5 Å². The number of morpholine rings is 1. The standard InChI is InChI=1S/C19H18F3N5O2.C6H7N/c1-11-24-17-13(18(28)26(11)2)9-15(27-5-7-29-8-6-27)25-16(17)12-3-4-14(23-10-12)19(20,21)22;1-6-4-2-3-5-7-6/h3-4,9-10H,5-8H2,1-2H3;2-5H,1H3. The number of rotatable bonds is 2. The summed E-state index contributed by atoms with van der Waals surface area (Å²) < 4.78 is 45.4. The highest BCUT2D eigenvalue weighted by Gasteiger charge is 2.32. The number of halogens is 3. The predicted octanol–water partition coefficient (Wildman–Crippen LogP) is 3.94. The molecule has 0 bridgehead atoms. The van der Waals surface area contributed by atoms with Crippen molar-refractivity contribution in [3.8, 4) is 11.3 Å². The highest BCUT2D eigenvalue weighted by Crippen LogP contribution is 2.31. The highest BCUT2D eigenvalue weighted by molar-refractivity contribution is 5.92. The third-order valence-electron chi connectivity index (χ3n) is 5.75. The van der Waals surface area contributed by atoms with Crippen LogP contribution in [0.3, 0.4) is 0 Å². The lowest BCUT2D eigenvalue weighted by Crippen LogP contribution is -2.37. The Morgan fingerprint density at radius 1 is 1.00 bits per heavy atom. The van der Waals surface area contributed by atoms with E-state index in [1.165, 1.54) is 10.6 Å². The summed E-state index contributed by atoms with van der Waals surface area (Å²) in [6.45, 7) is 5.92. The van der Waals surface area contributed by atoms with E-state index in [0.29, 0.717) is 60.1 Å². The predicted molar refractivity (Wildman–Crippen MR) is 130 cm³/mol. The second kappa shape index (κ2) is 10.4. The van der Waals surface area contributed by atoms with Crippen LogP contribution in [0.2, 0.25) is 0 Å². The topological polar surface area (TPSA) is 86.0 Å². The van der Waals surface area contributed by atoms with E-state index in [4.69, 9.17) is 4.74 Å². The van der Waals surface area contributed by atoms with Gasteiger partial charge in [0.2, 0.25) is 0 Å². The first-order valence-electron chi connectivity index (χ1n) is 11.3. The van der Waals surface area contributed by atoms with Crippen LogP contribution in [0, 0.1) is 13.8 Å². The summed E-state index contributed by atoms with van der Waals surface area (Å²) in [5.74, 6) is 1.03. The second-order valence-corrected chi connectivity index (χ2v) is 8.25. The number of alkyl halides is 3. The molecule has 36 heavy (non-hydrogen) atoms. The molecule has 1 aliphatic rings. The van der Waals surface area contributed by atoms with Gasteiger partial charge in [-0.15, -0.1) is 0 Å². The first-order valence-corrected chi connectivity index (χ1v) is 11.3. The smallest absolute Gasteiger partial charge is 0.378 e. The zero-order chi connectivity index (χ0) is 25.9. The Morgan fingerprint density at radius 3 is 2.31 bits per heavy atom. The summed E-state index contributed by atoms with van der Waals surface area (Å²) in [6.07, 6.45) is -1.63. The van der Waals surface area contributed by atoms with Gasteiger partial charge in [-0.3, -0.25) is 19.3 Å². The maximum Gasteiger partial charge on any atom is 0.433 e. The molecule has 1 fully saturated rings. The number of anilines is 1. The molecule has 1 saturated heterocycles. The van der Waals surface area contributed by atoms with E-state index in [2.05, 4.69) is 19.9 Å². The molecule has 0 N–H and O–H groups in total. The lowest BCUT2D eigenvalue weighted by Gasteiger charge is -2.28. The van der Waals surface area contributed by atoms with Gasteiger partial charge in [0, 0.05) is 43.8 Å². The van der Waals surface area contributed by atoms with Gasteiger partial charge in [-0.25, -0.2) is 9.97 Å². The number of ether oxygens (including phenoxy) is 1. The number of pyridine rings is 3. The van der Waals surface area contributed by atoms with E-state index in [0.717, 1.165) is 18.0 Å². The summed E-state index contributed by atoms with van der Waals surface area (Å²) in [5.41, 5.74) is 0.858. The number of aryl methyl sites for hydroxylation is 2. The fraction of sp³-hybridized carbons (Fsp3) is 0.320. The molecule has 11 heteroatoms. The molecule has 5 rings (SSSR count). The van der Waals surface area contributed by atoms with Crippen molar-refractivity contribution >= 4 is 16.7 Å². The Balaban J connectivity index is 0.000000375. The lowest BCUT2D eigenvalue weighted by atomic mass is 10.1. The van der Waals surface area contributed by atoms with E-state index in [1.807, 2.05) is 30.0 Å². The summed E-state index contributed by atoms with van der Waals surface area (Å²) in [6, 6.07) is 9.74. The van der Waals surface area contributed by atoms with Crippen LogP contribution in [-0.4, -0.2) is 50.8 Å². The first-order chi connectivity index (χ1) is 17.1. The quantitative estimate of drug-likeness (QED) is 0.414. The average molecular weight is 499 g/mol. The number of fused-ring (bicyclic) bond motifs is 1. The number of nitrogens with zero attached hydrogens (tertiary/aromatic N) is 6. The zero-order valence-corrected chi connectivity index (χ0v) is 20.1. The van der Waals surface area contributed by atoms with Crippen LogP contribution >= 0.6 is 0 Å². The van der Waals surface area contributed by atoms with Crippen LogP contribution in [0.1, 0.15) is 17.2 Å². The fourth-order valence-electron chi connectivity index (χ4n) is 3.67. The Bertz CT molecular complexity index is 1400. The maximum absolute atomic E-state index is 12.9. The number of hydrogen-bond acceptors (Lipinski definition) is 7. The van der Waals surface area contributed by atoms with Crippen molar-refractivity contribution < 1.29 is 17.9 Å². The zero-order valence-electron chi connectivity index (χ0n) is 20.1. The molecule has 0 aromatic carbocycles. The molecular formula is C25H25F3N6O2. The van der Waals surface area contributed by atoms with E-state index in [1.54, 1.807) is 26.2 Å². The van der Waals surface area contributed by atoms with Crippen molar-refractivity contribution in [3.05, 3.63) is 76.4 Å². The fourth-order valence-corrected chi connectivity index (χ4v) is 3.67. The molecule has 0 amide bonds. The minimum Gasteiger partial charge on any atom is -0.378 e. The molecule has 5 heterocycles. The van der Waals surface area contributed by atoms with Gasteiger partial charge in [-0.05, 0) is 44.2 Å². The highest BCUT2D eigenvalue weighted by atomic mass is 19.4. The summed E-state index contributed by atoms with van der Waals surface area (Å²) in [4.78, 5) is 31.4. The summed E-state index contributed by atoms with van der Waals surface area (Å²) in [7, 11) is 1.62. The van der Waals surface area contributed by atoms with Gasteiger partial charge in [-0.2, -0.15) is 13.2 Å². The monoisotopic (exact) mass is 498 g/mol. The van der Waals surface area contributed by atoms with Gasteiger partial charge < -0.3 is 9.64 Å². The van der Waals surface area contributed by atoms with Crippen LogP contribution in [-0.2, 0) is 18.0 Å². The van der Waals surface area contributed by atoms with Crippen LogP contribution in [0.5, 0.6) is 0 Å². The van der Waals surface area contributed by atoms with Crippen molar-refractivity contribution in [1.82, 2.24) is 24.5 Å². The molecule has 0 unspecified atom stereocenters. The van der Waals surface area contributed by atoms with Crippen LogP contribution in [0.4, 0.5) is 19.0 Å². The molecule has 0 aliphatic carbocycles. The number of hydrogen-bond donors (Lipinski definition) is 0. The molecule has 4 aromatic rings. The van der Waals surface area contributed by atoms with Gasteiger partial charge in [-0.1, -0.05) is 6.07 Å². The Morgan fingerprint density at radius 2 is 1.75 bits per heavy atom. The Labute approximate surface area is 205 Å². The minimum absolute atomic E-state index is 0.245. The van der Waals surface area contributed by atoms with Gasteiger partial charge in [0.1, 0.15) is 28.5 Å². The molecular weight excluding hydrogens is 473 g/mol. The molecule has 0 radical (unpaired) electrons. The Kier molecular flexibility index (Phi) is 7.30. The molecule has 0 saturated carbocycles. The van der Waals surface area contributed by atoms with Crippen molar-refractivity contribution in [2.24, 2.45) is 7.05 Å². The van der Waals surface area contributed by atoms with E-state index >= 15 is 0 Å². The largest absolute Gasteiger partial charge is 0.433 e. The molecule has 188 valence electrons. The molecule has 0 atom stereocenters. The van der Waals surface area contributed by atoms with Crippen molar-refractivity contribution in [3.63, 3.8) is 0 Å². The van der Waals surface area contributed by atoms with Gasteiger partial charge in [0.05, 0.1) is 18.6 Å².